The summed E-state index contributed by atoms with van der Waals surface area (Å²) in [5, 5.41) is 2.74. The molecule has 1 aromatic rings. The van der Waals surface area contributed by atoms with E-state index in [-0.39, 0.29) is 5.91 Å². The van der Waals surface area contributed by atoms with Crippen molar-refractivity contribution in [2.45, 2.75) is 39.0 Å². The third-order valence-electron chi connectivity index (χ3n) is 2.88. The molecule has 0 bridgehead atoms. The Balaban J connectivity index is 2.31. The first-order valence-corrected chi connectivity index (χ1v) is 6.52. The van der Waals surface area contributed by atoms with Crippen molar-refractivity contribution in [2.24, 2.45) is 11.7 Å². The van der Waals surface area contributed by atoms with Gasteiger partial charge in [0.2, 0.25) is 5.91 Å². The highest BCUT2D eigenvalue weighted by Gasteiger charge is 2.10. The number of hydrogen-bond acceptors (Lipinski definition) is 4. The summed E-state index contributed by atoms with van der Waals surface area (Å²) in [7, 11) is 0. The smallest absolute Gasteiger partial charge is 0.225 e. The van der Waals surface area contributed by atoms with Crippen molar-refractivity contribution in [2.75, 3.05) is 11.9 Å². The number of rotatable bonds is 8. The summed E-state index contributed by atoms with van der Waals surface area (Å²) < 4.78 is 0. The number of nitrogens with two attached hydrogens (primary N) is 1. The van der Waals surface area contributed by atoms with Crippen LogP contribution in [0.1, 0.15) is 39.0 Å². The summed E-state index contributed by atoms with van der Waals surface area (Å²) >= 11 is 0. The van der Waals surface area contributed by atoms with Gasteiger partial charge in [0.15, 0.2) is 5.82 Å². The first kappa shape index (κ1) is 14.6. The van der Waals surface area contributed by atoms with Crippen LogP contribution in [0.15, 0.2) is 18.6 Å². The molecule has 18 heavy (non-hydrogen) atoms. The Kier molecular flexibility index (Phi) is 6.94. The van der Waals surface area contributed by atoms with Gasteiger partial charge in [0.05, 0.1) is 6.20 Å². The Bertz CT molecular complexity index is 336. The summed E-state index contributed by atoms with van der Waals surface area (Å²) in [4.78, 5) is 19.6. The minimum Gasteiger partial charge on any atom is -0.330 e. The molecule has 5 heteroatoms. The number of carbonyl (C=O) groups excluding carboxylic acids is 1. The monoisotopic (exact) mass is 250 g/mol. The second kappa shape index (κ2) is 8.58. The Morgan fingerprint density at radius 2 is 2.22 bits per heavy atom. The van der Waals surface area contributed by atoms with Gasteiger partial charge in [-0.25, -0.2) is 4.98 Å². The van der Waals surface area contributed by atoms with Crippen LogP contribution in [0.5, 0.6) is 0 Å². The SMILES string of the molecule is CCCC(CCN)CCC(=O)Nc1cnccn1. The lowest BCUT2D eigenvalue weighted by Gasteiger charge is -2.14. The number of hydrogen-bond donors (Lipinski definition) is 2. The van der Waals surface area contributed by atoms with Crippen LogP contribution in [0.3, 0.4) is 0 Å². The molecule has 0 aliphatic heterocycles. The molecule has 0 aliphatic rings. The number of nitrogens with one attached hydrogen (secondary N) is 1. The van der Waals surface area contributed by atoms with E-state index >= 15 is 0 Å². The van der Waals surface area contributed by atoms with Crippen molar-refractivity contribution < 1.29 is 4.79 Å². The lowest BCUT2D eigenvalue weighted by molar-refractivity contribution is -0.116. The maximum absolute atomic E-state index is 11.7. The molecule has 0 saturated carbocycles. The summed E-state index contributed by atoms with van der Waals surface area (Å²) in [5.41, 5.74) is 5.57. The van der Waals surface area contributed by atoms with Gasteiger partial charge in [-0.2, -0.15) is 0 Å². The topological polar surface area (TPSA) is 80.9 Å². The molecule has 0 fully saturated rings. The molecule has 1 heterocycles. The van der Waals surface area contributed by atoms with Crippen LogP contribution in [-0.2, 0) is 4.79 Å². The van der Waals surface area contributed by atoms with Crippen LogP contribution in [0, 0.1) is 5.92 Å². The van der Waals surface area contributed by atoms with Gasteiger partial charge in [0, 0.05) is 18.8 Å². The van der Waals surface area contributed by atoms with E-state index in [1.807, 2.05) is 0 Å². The van der Waals surface area contributed by atoms with Crippen molar-refractivity contribution in [3.8, 4) is 0 Å². The Hall–Kier alpha value is -1.49. The van der Waals surface area contributed by atoms with Gasteiger partial charge in [-0.15, -0.1) is 0 Å². The summed E-state index contributed by atoms with van der Waals surface area (Å²) in [6, 6.07) is 0. The molecule has 0 saturated heterocycles. The highest BCUT2D eigenvalue weighted by atomic mass is 16.1. The predicted octanol–water partition coefficient (Wildman–Crippen LogP) is 1.96. The normalized spacial score (nSPS) is 12.1. The van der Waals surface area contributed by atoms with E-state index < -0.39 is 0 Å². The van der Waals surface area contributed by atoms with Crippen molar-refractivity contribution in [3.05, 3.63) is 18.6 Å². The minimum atomic E-state index is -0.00590. The van der Waals surface area contributed by atoms with Gasteiger partial charge in [0.1, 0.15) is 0 Å². The van der Waals surface area contributed by atoms with E-state index in [4.69, 9.17) is 5.73 Å². The number of carbonyl (C=O) groups is 1. The van der Waals surface area contributed by atoms with Crippen LogP contribution in [0.4, 0.5) is 5.82 Å². The van der Waals surface area contributed by atoms with Gasteiger partial charge in [-0.05, 0) is 25.3 Å². The van der Waals surface area contributed by atoms with Crippen molar-refractivity contribution >= 4 is 11.7 Å². The fourth-order valence-electron chi connectivity index (χ4n) is 1.98. The molecule has 1 atom stereocenters. The maximum Gasteiger partial charge on any atom is 0.225 e. The number of nitrogens with zero attached hydrogens (tertiary/aromatic N) is 2. The Labute approximate surface area is 108 Å². The molecule has 1 rings (SSSR count). The number of anilines is 1. The van der Waals surface area contributed by atoms with Gasteiger partial charge in [-0.1, -0.05) is 19.8 Å². The number of amides is 1. The summed E-state index contributed by atoms with van der Waals surface area (Å²) in [6.45, 7) is 2.85. The third kappa shape index (κ3) is 5.72. The molecular weight excluding hydrogens is 228 g/mol. The largest absolute Gasteiger partial charge is 0.330 e. The van der Waals surface area contributed by atoms with Gasteiger partial charge in [-0.3, -0.25) is 9.78 Å². The molecule has 0 aliphatic carbocycles. The fraction of sp³-hybridized carbons (Fsp3) is 0.615. The summed E-state index contributed by atoms with van der Waals surface area (Å²) in [5.74, 6) is 1.05. The average molecular weight is 250 g/mol. The zero-order valence-electron chi connectivity index (χ0n) is 10.9. The van der Waals surface area contributed by atoms with Crippen molar-refractivity contribution in [1.29, 1.82) is 0 Å². The van der Waals surface area contributed by atoms with Crippen LogP contribution in [-0.4, -0.2) is 22.4 Å². The van der Waals surface area contributed by atoms with Gasteiger partial charge in [0.25, 0.3) is 0 Å². The quantitative estimate of drug-likeness (QED) is 0.739. The summed E-state index contributed by atoms with van der Waals surface area (Å²) in [6.07, 6.45) is 9.34. The van der Waals surface area contributed by atoms with E-state index in [1.165, 1.54) is 0 Å². The molecule has 3 N–H and O–H groups in total. The molecule has 0 spiro atoms. The van der Waals surface area contributed by atoms with E-state index in [2.05, 4.69) is 22.2 Å². The predicted molar refractivity (Wildman–Crippen MR) is 72.0 cm³/mol. The molecule has 100 valence electrons. The Morgan fingerprint density at radius 3 is 2.83 bits per heavy atom. The lowest BCUT2D eigenvalue weighted by Crippen LogP contribution is -2.16. The van der Waals surface area contributed by atoms with E-state index in [1.54, 1.807) is 18.6 Å². The first-order valence-electron chi connectivity index (χ1n) is 6.52. The minimum absolute atomic E-state index is 0.00590. The van der Waals surface area contributed by atoms with Crippen molar-refractivity contribution in [3.63, 3.8) is 0 Å². The molecular formula is C13H22N4O. The van der Waals surface area contributed by atoms with Crippen molar-refractivity contribution in [1.82, 2.24) is 9.97 Å². The first-order chi connectivity index (χ1) is 8.76. The molecule has 1 aromatic heterocycles. The van der Waals surface area contributed by atoms with Crippen LogP contribution in [0.2, 0.25) is 0 Å². The molecule has 1 amide bonds. The number of aromatic nitrogens is 2. The second-order valence-electron chi connectivity index (χ2n) is 4.41. The maximum atomic E-state index is 11.7. The van der Waals surface area contributed by atoms with Gasteiger partial charge < -0.3 is 11.1 Å². The van der Waals surface area contributed by atoms with Gasteiger partial charge >= 0.3 is 0 Å². The standard InChI is InChI=1S/C13H22N4O/c1-2-3-11(6-7-14)4-5-13(18)17-12-10-15-8-9-16-12/h8-11H,2-7,14H2,1H3,(H,16,17,18). The zero-order chi connectivity index (χ0) is 13.2. The molecule has 1 unspecified atom stereocenters. The zero-order valence-corrected chi connectivity index (χ0v) is 10.9. The molecule has 0 aromatic carbocycles. The van der Waals surface area contributed by atoms with Crippen LogP contribution < -0.4 is 11.1 Å². The van der Waals surface area contributed by atoms with E-state index in [9.17, 15) is 4.79 Å². The van der Waals surface area contributed by atoms with Crippen LogP contribution >= 0.6 is 0 Å². The third-order valence-corrected chi connectivity index (χ3v) is 2.88. The molecule has 0 radical (unpaired) electrons. The second-order valence-corrected chi connectivity index (χ2v) is 4.41. The average Bonchev–Trinajstić information content (AvgIpc) is 2.38. The molecule has 5 nitrogen and oxygen atoms in total. The van der Waals surface area contributed by atoms with E-state index in [0.29, 0.717) is 24.7 Å². The lowest BCUT2D eigenvalue weighted by atomic mass is 9.94. The Morgan fingerprint density at radius 1 is 1.39 bits per heavy atom. The highest BCUT2D eigenvalue weighted by molar-refractivity contribution is 5.89. The highest BCUT2D eigenvalue weighted by Crippen LogP contribution is 2.17. The fourth-order valence-corrected chi connectivity index (χ4v) is 1.98. The van der Waals surface area contributed by atoms with Crippen LogP contribution in [0.25, 0.3) is 0 Å². The van der Waals surface area contributed by atoms with E-state index in [0.717, 1.165) is 25.7 Å².